The first-order chi connectivity index (χ1) is 14.9. The molecule has 4 rings (SSSR count). The molecule has 2 atom stereocenters. The molecule has 2 aliphatic heterocycles. The molecule has 0 aliphatic carbocycles. The second-order valence-corrected chi connectivity index (χ2v) is 7.61. The maximum Gasteiger partial charge on any atom is 0.405 e. The first kappa shape index (κ1) is 20.8. The van der Waals surface area contributed by atoms with E-state index in [1.807, 2.05) is 37.3 Å². The number of aromatic nitrogens is 1. The van der Waals surface area contributed by atoms with Gasteiger partial charge in [-0.25, -0.2) is 9.78 Å². The molecule has 0 spiro atoms. The summed E-state index contributed by atoms with van der Waals surface area (Å²) in [6, 6.07) is 12.8. The number of rotatable bonds is 5. The fraction of sp³-hybridized carbons (Fsp3) is 0.364. The number of carbonyl (C=O) groups excluding carboxylic acids is 3. The predicted molar refractivity (Wildman–Crippen MR) is 112 cm³/mol. The van der Waals surface area contributed by atoms with E-state index in [0.717, 1.165) is 5.56 Å². The first-order valence-electron chi connectivity index (χ1n) is 10.1. The van der Waals surface area contributed by atoms with Crippen LogP contribution < -0.4 is 15.5 Å². The van der Waals surface area contributed by atoms with E-state index < -0.39 is 12.2 Å². The second kappa shape index (κ2) is 8.73. The Balaban J connectivity index is 1.55. The summed E-state index contributed by atoms with van der Waals surface area (Å²) in [5.41, 5.74) is 7.43. The lowest BCUT2D eigenvalue weighted by Gasteiger charge is -2.28. The molecule has 0 saturated carbocycles. The molecule has 2 aliphatic rings. The van der Waals surface area contributed by atoms with Crippen LogP contribution in [-0.4, -0.2) is 49.2 Å². The molecular formula is C22H24N4O5. The zero-order chi connectivity index (χ0) is 22.0. The summed E-state index contributed by atoms with van der Waals surface area (Å²) in [6.45, 7) is 3.14. The van der Waals surface area contributed by atoms with Crippen molar-refractivity contribution in [1.82, 2.24) is 4.98 Å². The van der Waals surface area contributed by atoms with Crippen molar-refractivity contribution >= 4 is 29.4 Å². The van der Waals surface area contributed by atoms with Crippen molar-refractivity contribution in [2.45, 2.75) is 19.4 Å². The van der Waals surface area contributed by atoms with Crippen molar-refractivity contribution in [3.8, 4) is 0 Å². The number of hydrogen-bond acceptors (Lipinski definition) is 6. The maximum absolute atomic E-state index is 12.8. The zero-order valence-electron chi connectivity index (χ0n) is 17.2. The molecule has 1 aromatic carbocycles. The fourth-order valence-electron chi connectivity index (χ4n) is 4.11. The summed E-state index contributed by atoms with van der Waals surface area (Å²) in [4.78, 5) is 44.2. The monoisotopic (exact) mass is 424 g/mol. The Bertz CT molecular complexity index is 997. The number of pyridine rings is 1. The molecule has 2 unspecified atom stereocenters. The van der Waals surface area contributed by atoms with Gasteiger partial charge in [-0.1, -0.05) is 30.3 Å². The smallest absolute Gasteiger partial charge is 0.405 e. The van der Waals surface area contributed by atoms with Crippen LogP contribution in [-0.2, 0) is 19.1 Å². The normalized spacial score (nSPS) is 20.1. The number of aryl methyl sites for hydroxylation is 1. The Hall–Kier alpha value is -3.46. The van der Waals surface area contributed by atoms with Gasteiger partial charge in [-0.15, -0.1) is 0 Å². The van der Waals surface area contributed by atoms with E-state index in [4.69, 9.17) is 15.2 Å². The number of hydrogen-bond donors (Lipinski definition) is 1. The highest BCUT2D eigenvalue weighted by atomic mass is 16.6. The van der Waals surface area contributed by atoms with Crippen LogP contribution in [0.2, 0.25) is 0 Å². The number of carbonyl (C=O) groups is 3. The molecule has 2 aromatic rings. The summed E-state index contributed by atoms with van der Waals surface area (Å²) in [6.07, 6.45) is -1.30. The minimum Gasteiger partial charge on any atom is -0.441 e. The van der Waals surface area contributed by atoms with Gasteiger partial charge in [0.25, 0.3) is 5.91 Å². The number of nitrogens with two attached hydrogens (primary N) is 1. The third-order valence-corrected chi connectivity index (χ3v) is 5.55. The van der Waals surface area contributed by atoms with Gasteiger partial charge in [-0.2, -0.15) is 0 Å². The minimum absolute atomic E-state index is 0.0498. The molecular weight excluding hydrogens is 400 g/mol. The van der Waals surface area contributed by atoms with Crippen molar-refractivity contribution in [2.75, 3.05) is 36.1 Å². The Morgan fingerprint density at radius 3 is 2.61 bits per heavy atom. The van der Waals surface area contributed by atoms with Gasteiger partial charge >= 0.3 is 6.09 Å². The number of benzene rings is 1. The number of amides is 3. The molecule has 2 N–H and O–H groups in total. The lowest BCUT2D eigenvalue weighted by atomic mass is 9.95. The fourth-order valence-corrected chi connectivity index (χ4v) is 4.11. The van der Waals surface area contributed by atoms with E-state index >= 15 is 0 Å². The molecule has 3 amide bonds. The number of ether oxygens (including phenoxy) is 2. The van der Waals surface area contributed by atoms with Crippen molar-refractivity contribution < 1.29 is 23.9 Å². The molecule has 3 heterocycles. The predicted octanol–water partition coefficient (Wildman–Crippen LogP) is 1.94. The Kier molecular flexibility index (Phi) is 5.85. The van der Waals surface area contributed by atoms with Crippen LogP contribution in [0.25, 0.3) is 0 Å². The number of morpholine rings is 1. The van der Waals surface area contributed by atoms with E-state index in [9.17, 15) is 14.4 Å². The summed E-state index contributed by atoms with van der Waals surface area (Å²) in [5, 5.41) is 0. The van der Waals surface area contributed by atoms with Gasteiger partial charge in [0, 0.05) is 25.4 Å². The molecule has 9 heteroatoms. The molecule has 0 bridgehead atoms. The molecule has 162 valence electrons. The number of primary amides is 1. The molecule has 9 nitrogen and oxygen atoms in total. The molecule has 2 saturated heterocycles. The van der Waals surface area contributed by atoms with Crippen molar-refractivity contribution in [3.63, 3.8) is 0 Å². The summed E-state index contributed by atoms with van der Waals surface area (Å²) in [7, 11) is 0. The average Bonchev–Trinajstić information content (AvgIpc) is 3.14. The SMILES string of the molecule is Cc1nc(N2CC(C(OC(N)=O)c3ccccc3)CC2=O)ccc1N1CCOCC1=O. The van der Waals surface area contributed by atoms with Gasteiger partial charge in [0.1, 0.15) is 18.5 Å². The molecule has 2 fully saturated rings. The Morgan fingerprint density at radius 2 is 1.94 bits per heavy atom. The van der Waals surface area contributed by atoms with Gasteiger partial charge in [0.05, 0.1) is 18.0 Å². The van der Waals surface area contributed by atoms with Crippen LogP contribution in [0.5, 0.6) is 0 Å². The van der Waals surface area contributed by atoms with Gasteiger partial charge in [-0.05, 0) is 24.6 Å². The van der Waals surface area contributed by atoms with E-state index in [2.05, 4.69) is 4.98 Å². The lowest BCUT2D eigenvalue weighted by Crippen LogP contribution is -2.42. The van der Waals surface area contributed by atoms with Crippen molar-refractivity contribution in [3.05, 3.63) is 53.7 Å². The van der Waals surface area contributed by atoms with Gasteiger partial charge in [-0.3, -0.25) is 14.5 Å². The number of nitrogens with zero attached hydrogens (tertiary/aromatic N) is 3. The highest BCUT2D eigenvalue weighted by Crippen LogP contribution is 2.36. The van der Waals surface area contributed by atoms with Gasteiger partial charge in [0.2, 0.25) is 5.91 Å². The lowest BCUT2D eigenvalue weighted by molar-refractivity contribution is -0.125. The molecule has 31 heavy (non-hydrogen) atoms. The van der Waals surface area contributed by atoms with Crippen molar-refractivity contribution in [1.29, 1.82) is 0 Å². The van der Waals surface area contributed by atoms with Gasteiger partial charge < -0.3 is 20.1 Å². The average molecular weight is 424 g/mol. The van der Waals surface area contributed by atoms with Crippen molar-refractivity contribution in [2.24, 2.45) is 11.7 Å². The van der Waals surface area contributed by atoms with E-state index in [1.54, 1.807) is 21.9 Å². The Labute approximate surface area is 179 Å². The highest BCUT2D eigenvalue weighted by Gasteiger charge is 2.39. The van der Waals surface area contributed by atoms with E-state index in [0.29, 0.717) is 36.9 Å². The second-order valence-electron chi connectivity index (χ2n) is 7.61. The quantitative estimate of drug-likeness (QED) is 0.784. The third-order valence-electron chi connectivity index (χ3n) is 5.55. The molecule has 1 aromatic heterocycles. The third kappa shape index (κ3) is 4.36. The first-order valence-corrected chi connectivity index (χ1v) is 10.1. The largest absolute Gasteiger partial charge is 0.441 e. The van der Waals surface area contributed by atoms with Crippen LogP contribution in [0.1, 0.15) is 23.8 Å². The zero-order valence-corrected chi connectivity index (χ0v) is 17.2. The molecule has 0 radical (unpaired) electrons. The summed E-state index contributed by atoms with van der Waals surface area (Å²) < 4.78 is 10.6. The maximum atomic E-state index is 12.8. The Morgan fingerprint density at radius 1 is 1.16 bits per heavy atom. The van der Waals surface area contributed by atoms with E-state index in [1.165, 1.54) is 0 Å². The standard InChI is InChI=1S/C22H24N4O5/c1-14-17(25-9-10-30-13-20(25)28)7-8-18(24-14)26-12-16(11-19(26)27)21(31-22(23)29)15-5-3-2-4-6-15/h2-8,16,21H,9-13H2,1H3,(H2,23,29). The van der Waals surface area contributed by atoms with Crippen LogP contribution in [0, 0.1) is 12.8 Å². The van der Waals surface area contributed by atoms with E-state index in [-0.39, 0.29) is 30.8 Å². The topological polar surface area (TPSA) is 115 Å². The van der Waals surface area contributed by atoms with Crippen LogP contribution in [0.15, 0.2) is 42.5 Å². The van der Waals surface area contributed by atoms with Gasteiger partial charge in [0.15, 0.2) is 0 Å². The number of anilines is 2. The summed E-state index contributed by atoms with van der Waals surface area (Å²) >= 11 is 0. The minimum atomic E-state index is -0.881. The van der Waals surface area contributed by atoms with Crippen LogP contribution in [0.3, 0.4) is 0 Å². The van der Waals surface area contributed by atoms with Crippen LogP contribution in [0.4, 0.5) is 16.3 Å². The highest BCUT2D eigenvalue weighted by molar-refractivity contribution is 5.97. The van der Waals surface area contributed by atoms with Crippen LogP contribution >= 0.6 is 0 Å². The summed E-state index contributed by atoms with van der Waals surface area (Å²) in [5.74, 6) is 0.0157.